The van der Waals surface area contributed by atoms with Crippen LogP contribution in [0.3, 0.4) is 0 Å². The number of carbonyl (C=O) groups excluding carboxylic acids is 5. The van der Waals surface area contributed by atoms with Gasteiger partial charge < -0.3 is 4.74 Å². The van der Waals surface area contributed by atoms with E-state index in [0.717, 1.165) is 39.8 Å². The Bertz CT molecular complexity index is 2750. The van der Waals surface area contributed by atoms with Crippen molar-refractivity contribution in [3.05, 3.63) is 206 Å². The summed E-state index contributed by atoms with van der Waals surface area (Å²) in [5, 5.41) is 0. The Morgan fingerprint density at radius 1 is 0.533 bits per heavy atom. The van der Waals surface area contributed by atoms with E-state index in [1.807, 2.05) is 117 Å². The van der Waals surface area contributed by atoms with E-state index in [-0.39, 0.29) is 45.9 Å². The number of benzene rings is 5. The molecule has 6 heteroatoms. The van der Waals surface area contributed by atoms with Gasteiger partial charge in [-0.25, -0.2) is 4.79 Å². The molecule has 0 aromatic heterocycles. The second kappa shape index (κ2) is 15.8. The number of esters is 1. The third kappa shape index (κ3) is 7.06. The Kier molecular flexibility index (Phi) is 10.5. The molecule has 0 aliphatic heterocycles. The van der Waals surface area contributed by atoms with Crippen molar-refractivity contribution in [3.63, 3.8) is 0 Å². The first-order chi connectivity index (χ1) is 28.8. The van der Waals surface area contributed by atoms with Gasteiger partial charge in [-0.05, 0) is 81.2 Å². The van der Waals surface area contributed by atoms with Crippen LogP contribution in [0.4, 0.5) is 0 Å². The van der Waals surface area contributed by atoms with Crippen molar-refractivity contribution in [3.8, 4) is 0 Å². The van der Waals surface area contributed by atoms with Gasteiger partial charge in [0.1, 0.15) is 12.2 Å². The quantitative estimate of drug-likeness (QED) is 0.103. The number of rotatable bonds is 10. The van der Waals surface area contributed by atoms with E-state index < -0.39 is 23.0 Å². The highest BCUT2D eigenvalue weighted by Crippen LogP contribution is 2.47. The molecule has 0 saturated carbocycles. The van der Waals surface area contributed by atoms with Gasteiger partial charge in [0.15, 0.2) is 17.3 Å². The Hall–Kier alpha value is -6.79. The van der Waals surface area contributed by atoms with Gasteiger partial charge in [-0.15, -0.1) is 0 Å². The van der Waals surface area contributed by atoms with Crippen molar-refractivity contribution in [2.24, 2.45) is 10.8 Å². The van der Waals surface area contributed by atoms with Gasteiger partial charge >= 0.3 is 5.97 Å². The first-order valence-corrected chi connectivity index (χ1v) is 20.5. The van der Waals surface area contributed by atoms with Crippen molar-refractivity contribution in [1.82, 2.24) is 0 Å². The smallest absolute Gasteiger partial charge is 0.343 e. The van der Waals surface area contributed by atoms with Gasteiger partial charge in [-0.2, -0.15) is 0 Å². The second-order valence-electron chi connectivity index (χ2n) is 17.0. The Labute approximate surface area is 351 Å². The van der Waals surface area contributed by atoms with Gasteiger partial charge in [0.05, 0.1) is 0 Å². The zero-order chi connectivity index (χ0) is 42.3. The molecule has 6 nitrogen and oxygen atoms in total. The summed E-state index contributed by atoms with van der Waals surface area (Å²) in [4.78, 5) is 71.3. The topological polar surface area (TPSA) is 94.6 Å². The maximum absolute atomic E-state index is 14.7. The molecule has 0 fully saturated rings. The van der Waals surface area contributed by atoms with Crippen molar-refractivity contribution in [2.45, 2.75) is 60.5 Å². The lowest BCUT2D eigenvalue weighted by Crippen LogP contribution is -2.29. The highest BCUT2D eigenvalue weighted by molar-refractivity contribution is 6.47. The van der Waals surface area contributed by atoms with Crippen LogP contribution in [-0.2, 0) is 22.6 Å². The number of fused-ring (bicyclic) bond motifs is 3. The zero-order valence-electron chi connectivity index (χ0n) is 34.6. The lowest BCUT2D eigenvalue weighted by Gasteiger charge is -2.34. The molecule has 5 aromatic carbocycles. The zero-order valence-corrected chi connectivity index (χ0v) is 34.6. The molecule has 0 unspecified atom stereocenters. The van der Waals surface area contributed by atoms with Gasteiger partial charge in [-0.1, -0.05) is 162 Å². The van der Waals surface area contributed by atoms with Crippen LogP contribution in [0.1, 0.15) is 117 Å². The fourth-order valence-electron chi connectivity index (χ4n) is 8.54. The molecule has 3 aliphatic carbocycles. The van der Waals surface area contributed by atoms with E-state index in [1.54, 1.807) is 36.4 Å². The largest absolute Gasteiger partial charge is 0.457 e. The van der Waals surface area contributed by atoms with Crippen LogP contribution in [0.5, 0.6) is 0 Å². The molecule has 0 radical (unpaired) electrons. The van der Waals surface area contributed by atoms with E-state index in [1.165, 1.54) is 0 Å². The lowest BCUT2D eigenvalue weighted by atomic mass is 9.69. The van der Waals surface area contributed by atoms with Crippen molar-refractivity contribution in [2.75, 3.05) is 0 Å². The van der Waals surface area contributed by atoms with Gasteiger partial charge in [-0.3, -0.25) is 19.2 Å². The lowest BCUT2D eigenvalue weighted by molar-refractivity contribution is -0.139. The fourth-order valence-corrected chi connectivity index (χ4v) is 8.54. The molecule has 0 spiro atoms. The molecule has 5 aromatic rings. The summed E-state index contributed by atoms with van der Waals surface area (Å²) in [6.45, 7) is 10.3. The first kappa shape index (κ1) is 40.0. The van der Waals surface area contributed by atoms with Crippen LogP contribution in [0.25, 0.3) is 16.7 Å². The Balaban J connectivity index is 1.18. The number of Topliss-reactive ketones (excluding diaryl/α,β-unsaturated/α-hetero) is 4. The molecule has 0 bridgehead atoms. The standard InChI is InChI=1S/C54H46O6/c1-6-53(2,3)43-30-41(36-23-13-15-25-38(36)48(43)55)42-31-44(49(56)39-26-16-14-24-37(39)42)54(4,5)29-28-35-22-17-27-40-45(35)51(58)46(34-20-11-8-12-21-34)47(50(40)57)52(59)60-32-33-18-9-7-10-19-33/h7-27,30-31H,6,28-29,32H2,1-5H3/b42-41+. The molecule has 8 rings (SSSR count). The number of hydrogen-bond donors (Lipinski definition) is 0. The highest BCUT2D eigenvalue weighted by atomic mass is 16.5. The molecular weight excluding hydrogens is 745 g/mol. The minimum Gasteiger partial charge on any atom is -0.457 e. The summed E-state index contributed by atoms with van der Waals surface area (Å²) in [5.74, 6) is -1.90. The van der Waals surface area contributed by atoms with E-state index in [9.17, 15) is 24.0 Å². The molecule has 298 valence electrons. The summed E-state index contributed by atoms with van der Waals surface area (Å²) in [5.41, 5.74) is 6.92. The molecule has 0 amide bonds. The van der Waals surface area contributed by atoms with Crippen LogP contribution in [0.2, 0.25) is 0 Å². The Morgan fingerprint density at radius 3 is 1.60 bits per heavy atom. The van der Waals surface area contributed by atoms with E-state index >= 15 is 0 Å². The predicted molar refractivity (Wildman–Crippen MR) is 235 cm³/mol. The molecule has 60 heavy (non-hydrogen) atoms. The average molecular weight is 791 g/mol. The molecular formula is C54H46O6. The minimum absolute atomic E-state index is 0.0147. The summed E-state index contributed by atoms with van der Waals surface area (Å²) >= 11 is 0. The number of ketones is 4. The predicted octanol–water partition coefficient (Wildman–Crippen LogP) is 11.5. The van der Waals surface area contributed by atoms with Crippen molar-refractivity contribution in [1.29, 1.82) is 0 Å². The minimum atomic E-state index is -0.855. The van der Waals surface area contributed by atoms with Crippen molar-refractivity contribution < 1.29 is 28.7 Å². The van der Waals surface area contributed by atoms with E-state index in [2.05, 4.69) is 20.8 Å². The normalized spacial score (nSPS) is 16.5. The van der Waals surface area contributed by atoms with Crippen LogP contribution in [-0.4, -0.2) is 29.1 Å². The van der Waals surface area contributed by atoms with Crippen LogP contribution >= 0.6 is 0 Å². The maximum atomic E-state index is 14.7. The van der Waals surface area contributed by atoms with E-state index in [4.69, 9.17) is 4.74 Å². The maximum Gasteiger partial charge on any atom is 0.343 e. The van der Waals surface area contributed by atoms with Crippen LogP contribution in [0, 0.1) is 10.8 Å². The number of allylic oxidation sites excluding steroid dienone is 7. The fraction of sp³-hybridized carbons (Fsp3) is 0.204. The van der Waals surface area contributed by atoms with Gasteiger partial charge in [0, 0.05) is 39.0 Å². The van der Waals surface area contributed by atoms with Crippen LogP contribution in [0.15, 0.2) is 156 Å². The van der Waals surface area contributed by atoms with Crippen LogP contribution < -0.4 is 0 Å². The summed E-state index contributed by atoms with van der Waals surface area (Å²) in [6, 6.07) is 38.4. The molecule has 0 heterocycles. The van der Waals surface area contributed by atoms with Gasteiger partial charge in [0.2, 0.25) is 5.78 Å². The molecule has 0 N–H and O–H groups in total. The highest BCUT2D eigenvalue weighted by Gasteiger charge is 2.41. The molecule has 3 aliphatic rings. The first-order valence-electron chi connectivity index (χ1n) is 20.5. The monoisotopic (exact) mass is 790 g/mol. The SMILES string of the molecule is CCC(C)(C)C1=C/C(=C2/C=C(C(C)(C)CCc3cccc4c3C(=O)C(c3ccccc3)=C(C(=O)OCc3ccccc3)C4=O)C(=O)c3ccccc32)c2ccccc2C1=O. The van der Waals surface area contributed by atoms with Crippen molar-refractivity contribution >= 4 is 45.8 Å². The number of hydrogen-bond acceptors (Lipinski definition) is 6. The Morgan fingerprint density at radius 2 is 1.03 bits per heavy atom. The second-order valence-corrected chi connectivity index (χ2v) is 17.0. The van der Waals surface area contributed by atoms with E-state index in [0.29, 0.717) is 40.7 Å². The number of carbonyl (C=O) groups is 5. The third-order valence-corrected chi connectivity index (χ3v) is 12.4. The average Bonchev–Trinajstić information content (AvgIpc) is 3.27. The number of aryl methyl sites for hydroxylation is 1. The number of ether oxygens (including phenoxy) is 1. The third-order valence-electron chi connectivity index (χ3n) is 12.4. The van der Waals surface area contributed by atoms with Gasteiger partial charge in [0.25, 0.3) is 0 Å². The molecule has 0 atom stereocenters. The summed E-state index contributed by atoms with van der Waals surface area (Å²) in [7, 11) is 0. The summed E-state index contributed by atoms with van der Waals surface area (Å²) < 4.78 is 5.65. The summed E-state index contributed by atoms with van der Waals surface area (Å²) in [6.07, 6.45) is 5.63. The molecule has 0 saturated heterocycles.